The Hall–Kier alpha value is -6.98. The molecule has 12 rings (SSSR count). The van der Waals surface area contributed by atoms with E-state index in [1.54, 1.807) is 0 Å². The van der Waals surface area contributed by atoms with Crippen molar-refractivity contribution in [2.75, 3.05) is 9.71 Å². The number of hydrogen-bond acceptors (Lipinski definition) is 4. The quantitative estimate of drug-likeness (QED) is 0.167. The highest BCUT2D eigenvalue weighted by atomic mass is 16.3. The van der Waals surface area contributed by atoms with Crippen LogP contribution in [0.3, 0.4) is 0 Å². The maximum absolute atomic E-state index is 7.12. The van der Waals surface area contributed by atoms with Crippen molar-refractivity contribution in [1.29, 1.82) is 0 Å². The predicted molar refractivity (Wildman–Crippen MR) is 258 cm³/mol. The molecule has 0 fully saturated rings. The highest BCUT2D eigenvalue weighted by Crippen LogP contribution is 2.53. The Kier molecular flexibility index (Phi) is 7.52. The van der Waals surface area contributed by atoms with Crippen molar-refractivity contribution < 1.29 is 8.83 Å². The molecule has 61 heavy (non-hydrogen) atoms. The fraction of sp³-hybridized carbons (Fsp3) is 0.143. The molecule has 0 atom stereocenters. The third-order valence-corrected chi connectivity index (χ3v) is 13.2. The van der Waals surface area contributed by atoms with Crippen molar-refractivity contribution >= 4 is 90.1 Å². The molecule has 0 amide bonds. The number of anilines is 5. The number of nitrogens with zero attached hydrogens (tertiary/aromatic N) is 2. The highest BCUT2D eigenvalue weighted by Gasteiger charge is 2.48. The summed E-state index contributed by atoms with van der Waals surface area (Å²) in [7, 11) is 0. The van der Waals surface area contributed by atoms with E-state index in [-0.39, 0.29) is 17.7 Å². The Morgan fingerprint density at radius 3 is 1.75 bits per heavy atom. The molecule has 0 unspecified atom stereocenters. The molecule has 0 radical (unpaired) electrons. The zero-order chi connectivity index (χ0) is 41.4. The number of hydrogen-bond donors (Lipinski definition) is 0. The third kappa shape index (κ3) is 5.26. The van der Waals surface area contributed by atoms with Crippen LogP contribution < -0.4 is 20.6 Å². The minimum atomic E-state index is -0.268. The molecule has 0 saturated carbocycles. The van der Waals surface area contributed by atoms with Gasteiger partial charge in [0.05, 0.1) is 5.69 Å². The van der Waals surface area contributed by atoms with Gasteiger partial charge in [-0.2, -0.15) is 0 Å². The number of fused-ring (bicyclic) bond motifs is 12. The van der Waals surface area contributed by atoms with Crippen LogP contribution >= 0.6 is 0 Å². The highest BCUT2D eigenvalue weighted by molar-refractivity contribution is 6.95. The average Bonchev–Trinajstić information content (AvgIpc) is 3.84. The average molecular weight is 789 g/mol. The second-order valence-corrected chi connectivity index (χ2v) is 18.9. The molecule has 0 N–H and O–H groups in total. The summed E-state index contributed by atoms with van der Waals surface area (Å²) < 4.78 is 14.2. The fourth-order valence-corrected chi connectivity index (χ4v) is 10.1. The lowest BCUT2D eigenvalue weighted by Gasteiger charge is -2.46. The monoisotopic (exact) mass is 788 g/mol. The largest absolute Gasteiger partial charge is 0.456 e. The van der Waals surface area contributed by atoms with Crippen LogP contribution in [-0.2, 0) is 10.8 Å². The molecule has 0 saturated heterocycles. The van der Waals surface area contributed by atoms with Gasteiger partial charge in [-0.3, -0.25) is 0 Å². The van der Waals surface area contributed by atoms with Crippen LogP contribution in [-0.4, -0.2) is 6.85 Å². The Labute approximate surface area is 356 Å². The van der Waals surface area contributed by atoms with Gasteiger partial charge in [0.15, 0.2) is 0 Å². The minimum Gasteiger partial charge on any atom is -0.456 e. The maximum atomic E-state index is 7.12. The van der Waals surface area contributed by atoms with Gasteiger partial charge < -0.3 is 18.5 Å². The molecule has 8 aromatic carbocycles. The van der Waals surface area contributed by atoms with Gasteiger partial charge in [-0.15, -0.1) is 0 Å². The normalized spacial score (nSPS) is 13.6. The number of para-hydroxylation sites is 3. The van der Waals surface area contributed by atoms with Crippen molar-refractivity contribution in [2.45, 2.75) is 52.4 Å². The van der Waals surface area contributed by atoms with E-state index in [0.29, 0.717) is 0 Å². The van der Waals surface area contributed by atoms with E-state index in [1.165, 1.54) is 22.2 Å². The fourth-order valence-electron chi connectivity index (χ4n) is 10.1. The van der Waals surface area contributed by atoms with Gasteiger partial charge in [-0.05, 0) is 93.6 Å². The van der Waals surface area contributed by atoms with Crippen molar-refractivity contribution in [1.82, 2.24) is 0 Å². The van der Waals surface area contributed by atoms with Gasteiger partial charge in [-0.1, -0.05) is 145 Å². The van der Waals surface area contributed by atoms with Crippen molar-refractivity contribution in [3.63, 3.8) is 0 Å². The summed E-state index contributed by atoms with van der Waals surface area (Å²) in [6.07, 6.45) is 0. The summed E-state index contributed by atoms with van der Waals surface area (Å²) in [5.41, 5.74) is 18.6. The molecule has 0 bridgehead atoms. The summed E-state index contributed by atoms with van der Waals surface area (Å²) in [6, 6.07) is 60.0. The van der Waals surface area contributed by atoms with E-state index in [9.17, 15) is 0 Å². The molecule has 0 spiro atoms. The van der Waals surface area contributed by atoms with E-state index in [0.717, 1.165) is 94.5 Å². The topological polar surface area (TPSA) is 32.8 Å². The lowest BCUT2D eigenvalue weighted by molar-refractivity contribution is 0.590. The van der Waals surface area contributed by atoms with Crippen molar-refractivity contribution in [2.24, 2.45) is 0 Å². The first kappa shape index (κ1) is 35.9. The van der Waals surface area contributed by atoms with Crippen molar-refractivity contribution in [3.05, 3.63) is 175 Å². The molecule has 4 nitrogen and oxygen atoms in total. The van der Waals surface area contributed by atoms with Gasteiger partial charge in [0.1, 0.15) is 22.3 Å². The molecular formula is C56H45BN2O2. The first-order valence-corrected chi connectivity index (χ1v) is 21.5. The first-order chi connectivity index (χ1) is 29.5. The van der Waals surface area contributed by atoms with Gasteiger partial charge in [0.25, 0.3) is 0 Å². The van der Waals surface area contributed by atoms with Crippen LogP contribution in [0.15, 0.2) is 173 Å². The lowest BCUT2D eigenvalue weighted by atomic mass is 9.43. The van der Waals surface area contributed by atoms with E-state index < -0.39 is 0 Å². The van der Waals surface area contributed by atoms with Gasteiger partial charge in [-0.25, -0.2) is 0 Å². The zero-order valence-corrected chi connectivity index (χ0v) is 35.4. The minimum absolute atomic E-state index is 0.0110. The molecule has 2 aromatic heterocycles. The summed E-state index contributed by atoms with van der Waals surface area (Å²) in [5.74, 6) is 0. The van der Waals surface area contributed by atoms with Crippen LogP contribution in [0.5, 0.6) is 0 Å². The lowest BCUT2D eigenvalue weighted by Crippen LogP contribution is -2.61. The molecule has 2 aliphatic heterocycles. The SMILES string of the molecule is CC(C)(C)c1ccc(N2B3c4c(cc5c(oc6ccccc65)c4-c4cc(C(C)(C)C)ccc42)N(c2ccccc2-c2ccccc2)c2ccc4c(oc5ccccc54)c23)cc1. The van der Waals surface area contributed by atoms with Gasteiger partial charge in [0.2, 0.25) is 0 Å². The van der Waals surface area contributed by atoms with E-state index >= 15 is 0 Å². The Balaban J connectivity index is 1.29. The number of furan rings is 2. The molecule has 4 heterocycles. The van der Waals surface area contributed by atoms with Crippen LogP contribution in [0.1, 0.15) is 52.7 Å². The number of rotatable bonds is 3. The predicted octanol–water partition coefficient (Wildman–Crippen LogP) is 14.5. The molecule has 2 aliphatic rings. The smallest absolute Gasteiger partial charge is 0.337 e. The van der Waals surface area contributed by atoms with Crippen molar-refractivity contribution in [3.8, 4) is 22.3 Å². The summed E-state index contributed by atoms with van der Waals surface area (Å²) in [6.45, 7) is 13.5. The zero-order valence-electron chi connectivity index (χ0n) is 35.4. The second kappa shape index (κ2) is 12.8. The molecule has 10 aromatic rings. The number of benzene rings is 8. The molecule has 5 heteroatoms. The molecule has 294 valence electrons. The maximum Gasteiger partial charge on any atom is 0.337 e. The van der Waals surface area contributed by atoms with Crippen LogP contribution in [0.25, 0.3) is 66.1 Å². The molecule has 0 aliphatic carbocycles. The van der Waals surface area contributed by atoms with Gasteiger partial charge >= 0.3 is 6.85 Å². The first-order valence-electron chi connectivity index (χ1n) is 21.5. The van der Waals surface area contributed by atoms with E-state index in [1.807, 2.05) is 0 Å². The summed E-state index contributed by atoms with van der Waals surface area (Å²) in [4.78, 5) is 5.10. The summed E-state index contributed by atoms with van der Waals surface area (Å²) in [5, 5.41) is 4.44. The Bertz CT molecular complexity index is 3400. The third-order valence-electron chi connectivity index (χ3n) is 13.2. The van der Waals surface area contributed by atoms with Gasteiger partial charge in [0, 0.05) is 66.4 Å². The second-order valence-electron chi connectivity index (χ2n) is 18.9. The van der Waals surface area contributed by atoms with E-state index in [4.69, 9.17) is 8.83 Å². The van der Waals surface area contributed by atoms with Crippen LogP contribution in [0, 0.1) is 0 Å². The Morgan fingerprint density at radius 2 is 1.03 bits per heavy atom. The van der Waals surface area contributed by atoms with E-state index in [2.05, 4.69) is 215 Å². The standard InChI is InChI=1S/C56H45BN2O2/c1-55(2,3)35-24-27-37(28-25-35)59-45-30-26-36(56(4,5)6)32-43(45)50-51-47(33-42-40-20-12-15-23-49(40)60-53(42)50)58(44-21-13-10-18-38(44)34-16-8-7-9-17-34)46-31-29-41-39-19-11-14-22-48(39)61-54(41)52(46)57(51)59/h7-33H,1-6H3. The summed E-state index contributed by atoms with van der Waals surface area (Å²) >= 11 is 0. The molecular weight excluding hydrogens is 743 g/mol. The van der Waals surface area contributed by atoms with Crippen LogP contribution in [0.4, 0.5) is 28.4 Å². The Morgan fingerprint density at radius 1 is 0.426 bits per heavy atom. The van der Waals surface area contributed by atoms with Crippen LogP contribution in [0.2, 0.25) is 0 Å².